The van der Waals surface area contributed by atoms with Crippen LogP contribution in [0.2, 0.25) is 0 Å². The summed E-state index contributed by atoms with van der Waals surface area (Å²) in [6.07, 6.45) is 4.44. The van der Waals surface area contributed by atoms with Crippen LogP contribution in [0, 0.1) is 5.92 Å². The zero-order valence-electron chi connectivity index (χ0n) is 12.7. The van der Waals surface area contributed by atoms with E-state index in [9.17, 15) is 0 Å². The molecular formula is C15H21N3O2S. The number of aryl methyl sites for hydroxylation is 1. The van der Waals surface area contributed by atoms with E-state index in [4.69, 9.17) is 15.0 Å². The highest BCUT2D eigenvalue weighted by atomic mass is 32.1. The fourth-order valence-corrected chi connectivity index (χ4v) is 4.10. The van der Waals surface area contributed by atoms with Crippen molar-refractivity contribution in [3.05, 3.63) is 16.3 Å². The largest absolute Gasteiger partial charge is 0.390 e. The first-order chi connectivity index (χ1) is 10.1. The number of rotatable bonds is 4. The Morgan fingerprint density at radius 3 is 2.76 bits per heavy atom. The second-order valence-corrected chi connectivity index (χ2v) is 6.94. The second kappa shape index (κ2) is 5.77. The number of hydrogen-bond acceptors (Lipinski definition) is 6. The Hall–Kier alpha value is -1.40. The predicted octanol–water partition coefficient (Wildman–Crippen LogP) is 3.60. The number of thiophene rings is 1. The van der Waals surface area contributed by atoms with Crippen LogP contribution in [-0.2, 0) is 17.6 Å². The van der Waals surface area contributed by atoms with Gasteiger partial charge in [-0.15, -0.1) is 11.3 Å². The normalized spacial score (nSPS) is 16.2. The van der Waals surface area contributed by atoms with Crippen LogP contribution in [0.1, 0.15) is 49.1 Å². The fourth-order valence-electron chi connectivity index (χ4n) is 2.95. The number of nitrogens with two attached hydrogens (primary N) is 1. The van der Waals surface area contributed by atoms with Gasteiger partial charge in [0.15, 0.2) is 0 Å². The Labute approximate surface area is 128 Å². The molecule has 0 saturated carbocycles. The van der Waals surface area contributed by atoms with E-state index in [1.807, 2.05) is 0 Å². The lowest BCUT2D eigenvalue weighted by atomic mass is 9.95. The molecule has 1 aliphatic rings. The maximum atomic E-state index is 6.19. The molecular weight excluding hydrogens is 286 g/mol. The summed E-state index contributed by atoms with van der Waals surface area (Å²) < 4.78 is 10.9. The van der Waals surface area contributed by atoms with E-state index in [0.717, 1.165) is 23.4 Å². The van der Waals surface area contributed by atoms with Crippen molar-refractivity contribution in [1.82, 2.24) is 10.1 Å². The zero-order valence-corrected chi connectivity index (χ0v) is 13.5. The lowest BCUT2D eigenvalue weighted by molar-refractivity contribution is 0.0556. The average molecular weight is 307 g/mol. The quantitative estimate of drug-likeness (QED) is 0.934. The molecule has 5 nitrogen and oxygen atoms in total. The highest BCUT2D eigenvalue weighted by Crippen LogP contribution is 2.42. The third-order valence-electron chi connectivity index (χ3n) is 3.97. The van der Waals surface area contributed by atoms with Gasteiger partial charge in [-0.3, -0.25) is 0 Å². The monoisotopic (exact) mass is 307 g/mol. The number of fused-ring (bicyclic) bond motifs is 1. The molecule has 0 radical (unpaired) electrons. The van der Waals surface area contributed by atoms with E-state index in [2.05, 4.69) is 24.0 Å². The van der Waals surface area contributed by atoms with Crippen molar-refractivity contribution < 1.29 is 9.26 Å². The molecule has 1 atom stereocenters. The lowest BCUT2D eigenvalue weighted by Gasteiger charge is -2.14. The minimum Gasteiger partial charge on any atom is -0.390 e. The highest BCUT2D eigenvalue weighted by molar-refractivity contribution is 7.16. The minimum absolute atomic E-state index is 0.154. The van der Waals surface area contributed by atoms with E-state index in [1.165, 1.54) is 23.3 Å². The summed E-state index contributed by atoms with van der Waals surface area (Å²) in [6.45, 7) is 4.15. The van der Waals surface area contributed by atoms with Gasteiger partial charge in [0.2, 0.25) is 5.82 Å². The van der Waals surface area contributed by atoms with Crippen molar-refractivity contribution in [2.24, 2.45) is 5.92 Å². The van der Waals surface area contributed by atoms with Gasteiger partial charge in [0.25, 0.3) is 5.89 Å². The van der Waals surface area contributed by atoms with Crippen molar-refractivity contribution in [3.8, 4) is 11.5 Å². The number of aromatic nitrogens is 2. The van der Waals surface area contributed by atoms with Gasteiger partial charge in [-0.25, -0.2) is 0 Å². The van der Waals surface area contributed by atoms with Crippen LogP contribution in [0.15, 0.2) is 4.52 Å². The van der Waals surface area contributed by atoms with Crippen LogP contribution < -0.4 is 5.73 Å². The molecule has 21 heavy (non-hydrogen) atoms. The van der Waals surface area contributed by atoms with E-state index >= 15 is 0 Å². The van der Waals surface area contributed by atoms with E-state index in [0.29, 0.717) is 11.7 Å². The van der Waals surface area contributed by atoms with Crippen LogP contribution >= 0.6 is 11.3 Å². The lowest BCUT2D eigenvalue weighted by Crippen LogP contribution is -2.10. The van der Waals surface area contributed by atoms with Crippen molar-refractivity contribution in [1.29, 1.82) is 0 Å². The van der Waals surface area contributed by atoms with Gasteiger partial charge in [-0.2, -0.15) is 4.98 Å². The number of nitrogens with zero attached hydrogens (tertiary/aromatic N) is 2. The summed E-state index contributed by atoms with van der Waals surface area (Å²) >= 11 is 1.66. The third-order valence-corrected chi connectivity index (χ3v) is 5.09. The molecule has 0 saturated heterocycles. The van der Waals surface area contributed by atoms with Gasteiger partial charge in [0, 0.05) is 12.0 Å². The van der Waals surface area contributed by atoms with Crippen molar-refractivity contribution in [2.45, 2.75) is 45.6 Å². The van der Waals surface area contributed by atoms with Gasteiger partial charge in [-0.05, 0) is 37.2 Å². The molecule has 3 rings (SSSR count). The van der Waals surface area contributed by atoms with Gasteiger partial charge in [0.05, 0.1) is 10.6 Å². The highest BCUT2D eigenvalue weighted by Gasteiger charge is 2.27. The number of ether oxygens (including phenoxy) is 1. The molecule has 1 unspecified atom stereocenters. The minimum atomic E-state index is -0.154. The number of nitrogen functional groups attached to an aromatic ring is 1. The molecule has 0 bridgehead atoms. The Morgan fingerprint density at radius 2 is 2.05 bits per heavy atom. The van der Waals surface area contributed by atoms with Gasteiger partial charge in [0.1, 0.15) is 6.10 Å². The molecule has 2 aromatic rings. The van der Waals surface area contributed by atoms with E-state index in [1.54, 1.807) is 18.4 Å². The summed E-state index contributed by atoms with van der Waals surface area (Å²) in [4.78, 5) is 5.91. The van der Waals surface area contributed by atoms with Crippen LogP contribution in [0.4, 0.5) is 5.00 Å². The maximum absolute atomic E-state index is 6.19. The van der Waals surface area contributed by atoms with E-state index < -0.39 is 0 Å². The molecule has 2 aromatic heterocycles. The molecule has 1 aliphatic carbocycles. The molecule has 0 aromatic carbocycles. The number of hydrogen-bond donors (Lipinski definition) is 1. The molecule has 2 heterocycles. The first kappa shape index (κ1) is 14.5. The molecule has 0 amide bonds. The zero-order chi connectivity index (χ0) is 15.0. The van der Waals surface area contributed by atoms with Gasteiger partial charge in [-0.1, -0.05) is 19.0 Å². The summed E-state index contributed by atoms with van der Waals surface area (Å²) in [5.41, 5.74) is 8.44. The Bertz CT molecular complexity index is 633. The van der Waals surface area contributed by atoms with Crippen LogP contribution in [0.3, 0.4) is 0 Å². The molecule has 2 N–H and O–H groups in total. The predicted molar refractivity (Wildman–Crippen MR) is 83.3 cm³/mol. The fraction of sp³-hybridized carbons (Fsp3) is 0.600. The Morgan fingerprint density at radius 1 is 1.29 bits per heavy atom. The van der Waals surface area contributed by atoms with Crippen LogP contribution in [0.25, 0.3) is 11.5 Å². The third kappa shape index (κ3) is 2.58. The van der Waals surface area contributed by atoms with Gasteiger partial charge < -0.3 is 15.0 Å². The van der Waals surface area contributed by atoms with Crippen molar-refractivity contribution in [3.63, 3.8) is 0 Å². The summed E-state index contributed by atoms with van der Waals surface area (Å²) in [5, 5.41) is 4.88. The van der Waals surface area contributed by atoms with Crippen LogP contribution in [0.5, 0.6) is 0 Å². The summed E-state index contributed by atoms with van der Waals surface area (Å²) in [5.74, 6) is 1.41. The summed E-state index contributed by atoms with van der Waals surface area (Å²) in [6, 6.07) is 0. The Kier molecular flexibility index (Phi) is 3.99. The molecule has 0 aliphatic heterocycles. The molecule has 114 valence electrons. The topological polar surface area (TPSA) is 74.2 Å². The smallest absolute Gasteiger partial charge is 0.261 e. The number of methoxy groups -OCH3 is 1. The Balaban J connectivity index is 1.99. The first-order valence-electron chi connectivity index (χ1n) is 7.38. The van der Waals surface area contributed by atoms with Crippen LogP contribution in [-0.4, -0.2) is 17.3 Å². The van der Waals surface area contributed by atoms with Gasteiger partial charge >= 0.3 is 0 Å². The van der Waals surface area contributed by atoms with Crippen molar-refractivity contribution >= 4 is 16.3 Å². The SMILES string of the molecule is COC(c1noc(-c2c(N)sc3c2CCCC3)n1)C(C)C. The molecule has 6 heteroatoms. The average Bonchev–Trinajstić information content (AvgIpc) is 3.02. The van der Waals surface area contributed by atoms with Crippen molar-refractivity contribution in [2.75, 3.05) is 12.8 Å². The molecule has 0 spiro atoms. The first-order valence-corrected chi connectivity index (χ1v) is 8.20. The standard InChI is InChI=1S/C15H21N3O2S/c1-8(2)12(19-3)14-17-15(20-18-14)11-9-6-4-5-7-10(9)21-13(11)16/h8,12H,4-7,16H2,1-3H3. The maximum Gasteiger partial charge on any atom is 0.261 e. The second-order valence-electron chi connectivity index (χ2n) is 5.81. The number of anilines is 1. The van der Waals surface area contributed by atoms with E-state index in [-0.39, 0.29) is 12.0 Å². The molecule has 0 fully saturated rings. The summed E-state index contributed by atoms with van der Waals surface area (Å²) in [7, 11) is 1.67.